The van der Waals surface area contributed by atoms with Crippen LogP contribution in [0.4, 0.5) is 0 Å². The first kappa shape index (κ1) is 25.6. The Balaban J connectivity index is 1.38. The van der Waals surface area contributed by atoms with Crippen molar-refractivity contribution in [2.45, 2.75) is 56.1 Å². The number of H-pyrrole nitrogens is 1. The highest BCUT2D eigenvalue weighted by Gasteiger charge is 2.54. The SMILES string of the molecule is C[C@@H](CC1(c2nn[nH]n2)c2ccc(C(N)=O)cc2Cc2cc(C(N)=O)ccc21)NCC(=O)N1C(C#N)C[C@@H]2C[C@@H]21. The van der Waals surface area contributed by atoms with Gasteiger partial charge in [0.15, 0.2) is 5.82 Å². The Bertz CT molecular complexity index is 1500. The summed E-state index contributed by atoms with van der Waals surface area (Å²) in [6, 6.07) is 12.5. The summed E-state index contributed by atoms with van der Waals surface area (Å²) in [4.78, 5) is 38.9. The van der Waals surface area contributed by atoms with Crippen LogP contribution in [0.25, 0.3) is 0 Å². The van der Waals surface area contributed by atoms with E-state index in [1.165, 1.54) is 0 Å². The number of nitriles is 1. The summed E-state index contributed by atoms with van der Waals surface area (Å²) in [5.74, 6) is -0.322. The number of aromatic nitrogens is 4. The van der Waals surface area contributed by atoms with Crippen LogP contribution in [0.2, 0.25) is 0 Å². The molecule has 2 fully saturated rings. The zero-order chi connectivity index (χ0) is 28.2. The van der Waals surface area contributed by atoms with Gasteiger partial charge in [0, 0.05) is 23.2 Å². The van der Waals surface area contributed by atoms with Crippen LogP contribution in [0.1, 0.15) is 75.0 Å². The number of nitrogens with two attached hydrogens (primary N) is 2. The number of aromatic amines is 1. The first-order valence-corrected chi connectivity index (χ1v) is 13.3. The van der Waals surface area contributed by atoms with E-state index >= 15 is 0 Å². The van der Waals surface area contributed by atoms with Crippen molar-refractivity contribution < 1.29 is 14.4 Å². The lowest BCUT2D eigenvalue weighted by Crippen LogP contribution is -2.47. The molecular formula is C28H29N9O3. The summed E-state index contributed by atoms with van der Waals surface area (Å²) >= 11 is 0. The normalized spacial score (nSPS) is 22.4. The third-order valence-electron chi connectivity index (χ3n) is 8.56. The van der Waals surface area contributed by atoms with Crippen LogP contribution in [-0.4, -0.2) is 67.9 Å². The van der Waals surface area contributed by atoms with Gasteiger partial charge in [-0.15, -0.1) is 10.2 Å². The van der Waals surface area contributed by atoms with Crippen LogP contribution >= 0.6 is 0 Å². The number of hydrogen-bond donors (Lipinski definition) is 4. The van der Waals surface area contributed by atoms with Gasteiger partial charge in [-0.1, -0.05) is 17.3 Å². The summed E-state index contributed by atoms with van der Waals surface area (Å²) in [7, 11) is 0. The van der Waals surface area contributed by atoms with Crippen LogP contribution in [-0.2, 0) is 16.6 Å². The average Bonchev–Trinajstić information content (AvgIpc) is 3.32. The summed E-state index contributed by atoms with van der Waals surface area (Å²) in [5, 5.41) is 28.1. The Hall–Kier alpha value is -4.63. The van der Waals surface area contributed by atoms with Gasteiger partial charge in [0.25, 0.3) is 0 Å². The number of nitrogens with zero attached hydrogens (tertiary/aromatic N) is 5. The maximum atomic E-state index is 13.1. The number of likely N-dealkylation sites (tertiary alicyclic amines) is 1. The predicted molar refractivity (Wildman–Crippen MR) is 142 cm³/mol. The van der Waals surface area contributed by atoms with E-state index in [1.54, 1.807) is 29.2 Å². The molecule has 12 heteroatoms. The van der Waals surface area contributed by atoms with Crippen LogP contribution in [0.5, 0.6) is 0 Å². The van der Waals surface area contributed by atoms with Crippen LogP contribution in [0.15, 0.2) is 36.4 Å². The number of rotatable bonds is 8. The minimum atomic E-state index is -0.928. The lowest BCUT2D eigenvalue weighted by Gasteiger charge is -2.41. The van der Waals surface area contributed by atoms with Crippen LogP contribution < -0.4 is 16.8 Å². The average molecular weight is 540 g/mol. The molecule has 0 radical (unpaired) electrons. The molecule has 1 saturated carbocycles. The third-order valence-corrected chi connectivity index (χ3v) is 8.56. The Labute approximate surface area is 230 Å². The Morgan fingerprint density at radius 3 is 2.33 bits per heavy atom. The van der Waals surface area contributed by atoms with E-state index < -0.39 is 17.2 Å². The number of tetrazole rings is 1. The fraction of sp³-hybridized carbons (Fsp3) is 0.393. The number of carbonyl (C=O) groups is 3. The van der Waals surface area contributed by atoms with Gasteiger partial charge < -0.3 is 21.7 Å². The minimum absolute atomic E-state index is 0.0846. The highest BCUT2D eigenvalue weighted by Crippen LogP contribution is 2.49. The largest absolute Gasteiger partial charge is 0.366 e. The molecule has 2 aliphatic carbocycles. The molecule has 40 heavy (non-hydrogen) atoms. The fourth-order valence-electron chi connectivity index (χ4n) is 6.68. The summed E-state index contributed by atoms with van der Waals surface area (Å²) in [6.07, 6.45) is 2.59. The third kappa shape index (κ3) is 4.10. The molecule has 1 unspecified atom stereocenters. The molecule has 3 amide bonds. The van der Waals surface area contributed by atoms with Gasteiger partial charge in [-0.3, -0.25) is 14.4 Å². The minimum Gasteiger partial charge on any atom is -0.366 e. The van der Waals surface area contributed by atoms with E-state index in [0.29, 0.717) is 35.7 Å². The molecule has 0 spiro atoms. The lowest BCUT2D eigenvalue weighted by molar-refractivity contribution is -0.131. The second-order valence-corrected chi connectivity index (χ2v) is 11.0. The first-order chi connectivity index (χ1) is 19.2. The second kappa shape index (κ2) is 9.53. The number of nitrogens with one attached hydrogen (secondary N) is 2. The molecule has 6 N–H and O–H groups in total. The Morgan fingerprint density at radius 1 is 1.12 bits per heavy atom. The monoisotopic (exact) mass is 539 g/mol. The molecule has 1 aliphatic heterocycles. The van der Waals surface area contributed by atoms with Crippen molar-refractivity contribution in [1.82, 2.24) is 30.8 Å². The standard InChI is InChI=1S/C28H29N9O3/c1-14(32-13-24(38)37-20(12-29)9-19-10-23(19)37)11-28(27-33-35-36-34-27)21-4-2-15(25(30)39)6-17(21)8-18-7-16(26(31)40)3-5-22(18)28/h2-7,14,19-20,23,32H,8-11,13H2,1H3,(H2,30,39)(H2,31,40)(H,33,34,35,36)/t14-,19+,20?,23-/m0/s1. The van der Waals surface area contributed by atoms with E-state index in [2.05, 4.69) is 32.0 Å². The molecule has 3 aromatic rings. The van der Waals surface area contributed by atoms with Crippen molar-refractivity contribution in [2.75, 3.05) is 6.54 Å². The molecule has 4 atom stereocenters. The van der Waals surface area contributed by atoms with Gasteiger partial charge in [0.05, 0.1) is 18.0 Å². The molecule has 12 nitrogen and oxygen atoms in total. The number of primary amides is 2. The fourth-order valence-corrected chi connectivity index (χ4v) is 6.68. The summed E-state index contributed by atoms with van der Waals surface area (Å²) < 4.78 is 0. The first-order valence-electron chi connectivity index (χ1n) is 13.3. The van der Waals surface area contributed by atoms with Crippen molar-refractivity contribution in [3.05, 3.63) is 75.6 Å². The van der Waals surface area contributed by atoms with E-state index in [-0.39, 0.29) is 30.6 Å². The topological polar surface area (TPSA) is 197 Å². The van der Waals surface area contributed by atoms with E-state index in [4.69, 9.17) is 11.5 Å². The van der Waals surface area contributed by atoms with Crippen molar-refractivity contribution in [2.24, 2.45) is 17.4 Å². The van der Waals surface area contributed by atoms with E-state index in [1.807, 2.05) is 19.1 Å². The number of benzene rings is 2. The van der Waals surface area contributed by atoms with Crippen LogP contribution in [0.3, 0.4) is 0 Å². The van der Waals surface area contributed by atoms with E-state index in [9.17, 15) is 19.6 Å². The molecule has 1 aromatic heterocycles. The summed E-state index contributed by atoms with van der Waals surface area (Å²) in [5.41, 5.74) is 14.4. The predicted octanol–water partition coefficient (Wildman–Crippen LogP) is 0.517. The quantitative estimate of drug-likeness (QED) is 0.318. The highest BCUT2D eigenvalue weighted by molar-refractivity contribution is 5.94. The van der Waals surface area contributed by atoms with Gasteiger partial charge in [0.2, 0.25) is 17.7 Å². The van der Waals surface area contributed by atoms with Gasteiger partial charge in [-0.2, -0.15) is 10.5 Å². The van der Waals surface area contributed by atoms with Gasteiger partial charge >= 0.3 is 0 Å². The second-order valence-electron chi connectivity index (χ2n) is 11.0. The number of carbonyl (C=O) groups excluding carboxylic acids is 3. The molecule has 0 bridgehead atoms. The molecule has 2 heterocycles. The van der Waals surface area contributed by atoms with Crippen LogP contribution in [0, 0.1) is 17.2 Å². The van der Waals surface area contributed by atoms with Gasteiger partial charge in [-0.25, -0.2) is 0 Å². The number of piperidine rings is 1. The van der Waals surface area contributed by atoms with E-state index in [0.717, 1.165) is 35.1 Å². The Morgan fingerprint density at radius 2 is 1.77 bits per heavy atom. The van der Waals surface area contributed by atoms with Gasteiger partial charge in [-0.05, 0) is 85.0 Å². The molecule has 1 saturated heterocycles. The van der Waals surface area contributed by atoms with Crippen molar-refractivity contribution in [3.63, 3.8) is 0 Å². The number of amides is 3. The molecule has 6 rings (SSSR count). The molecule has 204 valence electrons. The molecule has 3 aliphatic rings. The summed E-state index contributed by atoms with van der Waals surface area (Å²) in [6.45, 7) is 2.07. The zero-order valence-corrected chi connectivity index (χ0v) is 21.9. The van der Waals surface area contributed by atoms with Crippen molar-refractivity contribution in [1.29, 1.82) is 5.26 Å². The molecule has 2 aromatic carbocycles. The molecular weight excluding hydrogens is 510 g/mol. The Kier molecular flexibility index (Phi) is 6.11. The number of fused-ring (bicyclic) bond motifs is 3. The van der Waals surface area contributed by atoms with Crippen molar-refractivity contribution >= 4 is 17.7 Å². The van der Waals surface area contributed by atoms with Gasteiger partial charge in [0.1, 0.15) is 6.04 Å². The lowest BCUT2D eigenvalue weighted by atomic mass is 9.63. The maximum Gasteiger partial charge on any atom is 0.248 e. The smallest absolute Gasteiger partial charge is 0.248 e. The highest BCUT2D eigenvalue weighted by atomic mass is 16.2. The number of hydrogen-bond acceptors (Lipinski definition) is 8. The zero-order valence-electron chi connectivity index (χ0n) is 21.9. The maximum absolute atomic E-state index is 13.1. The van der Waals surface area contributed by atoms with Crippen molar-refractivity contribution in [3.8, 4) is 6.07 Å².